The molecule has 4 aromatic rings. The van der Waals surface area contributed by atoms with Gasteiger partial charge in [0.2, 0.25) is 0 Å². The van der Waals surface area contributed by atoms with Gasteiger partial charge in [0.05, 0.1) is 45.2 Å². The quantitative estimate of drug-likeness (QED) is 0.241. The molecule has 0 saturated carbocycles. The van der Waals surface area contributed by atoms with Crippen molar-refractivity contribution in [3.63, 3.8) is 0 Å². The smallest absolute Gasteiger partial charge is 0.149 e. The molecule has 0 bridgehead atoms. The zero-order valence-corrected chi connectivity index (χ0v) is 22.1. The van der Waals surface area contributed by atoms with Gasteiger partial charge in [0.25, 0.3) is 0 Å². The molecule has 0 spiro atoms. The van der Waals surface area contributed by atoms with Gasteiger partial charge in [0.1, 0.15) is 11.6 Å². The molecule has 0 unspecified atom stereocenters. The van der Waals surface area contributed by atoms with E-state index in [-0.39, 0.29) is 0 Å². The van der Waals surface area contributed by atoms with Gasteiger partial charge in [-0.15, -0.1) is 0 Å². The van der Waals surface area contributed by atoms with E-state index < -0.39 is 0 Å². The van der Waals surface area contributed by atoms with E-state index in [0.29, 0.717) is 46.2 Å². The molecule has 8 nitrogen and oxygen atoms in total. The van der Waals surface area contributed by atoms with E-state index in [1.807, 2.05) is 64.6 Å². The molecular formula is C26H28Cl2N8. The molecule has 36 heavy (non-hydrogen) atoms. The van der Waals surface area contributed by atoms with Gasteiger partial charge in [-0.3, -0.25) is 9.97 Å². The molecule has 0 aliphatic rings. The Morgan fingerprint density at radius 3 is 1.36 bits per heavy atom. The van der Waals surface area contributed by atoms with Crippen LogP contribution in [0, 0.1) is 0 Å². The van der Waals surface area contributed by atoms with E-state index in [2.05, 4.69) is 31.2 Å². The molecule has 0 radical (unpaired) electrons. The molecule has 10 heteroatoms. The third kappa shape index (κ3) is 5.12. The van der Waals surface area contributed by atoms with Gasteiger partial charge in [-0.1, -0.05) is 59.6 Å². The van der Waals surface area contributed by atoms with Crippen molar-refractivity contribution in [2.45, 2.75) is 13.1 Å². The number of aromatic nitrogens is 4. The van der Waals surface area contributed by atoms with Crippen molar-refractivity contribution in [1.82, 2.24) is 30.6 Å². The van der Waals surface area contributed by atoms with Gasteiger partial charge in [0, 0.05) is 49.4 Å². The van der Waals surface area contributed by atoms with Crippen molar-refractivity contribution in [3.8, 4) is 33.6 Å². The summed E-state index contributed by atoms with van der Waals surface area (Å²) < 4.78 is 0. The van der Waals surface area contributed by atoms with E-state index in [0.717, 1.165) is 33.6 Å². The lowest BCUT2D eigenvalue weighted by molar-refractivity contribution is 0.787. The Balaban J connectivity index is 1.78. The van der Waals surface area contributed by atoms with Crippen molar-refractivity contribution in [2.75, 3.05) is 38.8 Å². The highest BCUT2D eigenvalue weighted by atomic mass is 35.5. The summed E-state index contributed by atoms with van der Waals surface area (Å²) in [6, 6.07) is 11.6. The Hall–Kier alpha value is -3.30. The zero-order valence-electron chi connectivity index (χ0n) is 20.6. The highest BCUT2D eigenvalue weighted by Crippen LogP contribution is 2.42. The van der Waals surface area contributed by atoms with Crippen LogP contribution in [0.3, 0.4) is 0 Å². The second-order valence-corrected chi connectivity index (χ2v) is 8.75. The summed E-state index contributed by atoms with van der Waals surface area (Å²) >= 11 is 13.9. The van der Waals surface area contributed by atoms with Crippen LogP contribution in [-0.2, 0) is 13.1 Å². The molecule has 2 heterocycles. The summed E-state index contributed by atoms with van der Waals surface area (Å²) in [7, 11) is 7.39. The topological polar surface area (TPSA) is 99.7 Å². The normalized spacial score (nSPS) is 10.9. The van der Waals surface area contributed by atoms with Gasteiger partial charge in [-0.25, -0.2) is 9.97 Å². The van der Waals surface area contributed by atoms with Crippen LogP contribution >= 0.6 is 23.2 Å². The highest BCUT2D eigenvalue weighted by molar-refractivity contribution is 6.39. The number of rotatable bonds is 9. The van der Waals surface area contributed by atoms with Crippen molar-refractivity contribution in [3.05, 3.63) is 70.2 Å². The van der Waals surface area contributed by atoms with Gasteiger partial charge in [-0.2, -0.15) is 0 Å². The lowest BCUT2D eigenvalue weighted by Crippen LogP contribution is -2.11. The van der Waals surface area contributed by atoms with E-state index in [1.165, 1.54) is 0 Å². The Labute approximate surface area is 220 Å². The van der Waals surface area contributed by atoms with Gasteiger partial charge in [-0.05, 0) is 14.1 Å². The summed E-state index contributed by atoms with van der Waals surface area (Å²) in [6.07, 6.45) is 3.47. The van der Waals surface area contributed by atoms with Crippen molar-refractivity contribution >= 4 is 34.8 Å². The largest absolute Gasteiger partial charge is 0.372 e. The maximum atomic E-state index is 6.94. The second-order valence-electron chi connectivity index (χ2n) is 8.00. The zero-order chi connectivity index (χ0) is 25.7. The molecule has 0 fully saturated rings. The monoisotopic (exact) mass is 522 g/mol. The Bertz CT molecular complexity index is 1270. The number of hydrogen-bond donors (Lipinski definition) is 4. The summed E-state index contributed by atoms with van der Waals surface area (Å²) in [6.45, 7) is 1.21. The first-order chi connectivity index (χ1) is 17.5. The lowest BCUT2D eigenvalue weighted by Gasteiger charge is -2.15. The van der Waals surface area contributed by atoms with E-state index in [4.69, 9.17) is 33.2 Å². The maximum Gasteiger partial charge on any atom is 0.149 e. The SMILES string of the molecule is CNCc1ncc(-c2cccc(-c3cccc(-c4cnc(CNC)c(NC)n4)c3Cl)c2Cl)nc1NC. The minimum Gasteiger partial charge on any atom is -0.372 e. The highest BCUT2D eigenvalue weighted by Gasteiger charge is 2.18. The van der Waals surface area contributed by atoms with Crippen LogP contribution in [0.25, 0.3) is 33.6 Å². The molecule has 4 N–H and O–H groups in total. The van der Waals surface area contributed by atoms with Gasteiger partial charge >= 0.3 is 0 Å². The van der Waals surface area contributed by atoms with Crippen LogP contribution in [0.1, 0.15) is 11.4 Å². The minimum absolute atomic E-state index is 0.542. The average molecular weight is 523 g/mol. The van der Waals surface area contributed by atoms with Crippen LogP contribution in [0.2, 0.25) is 10.0 Å². The molecule has 0 aliphatic carbocycles. The van der Waals surface area contributed by atoms with Crippen LogP contribution in [0.15, 0.2) is 48.8 Å². The van der Waals surface area contributed by atoms with Crippen molar-refractivity contribution in [1.29, 1.82) is 0 Å². The van der Waals surface area contributed by atoms with Gasteiger partial charge in [0.15, 0.2) is 0 Å². The van der Waals surface area contributed by atoms with E-state index in [9.17, 15) is 0 Å². The van der Waals surface area contributed by atoms with E-state index in [1.54, 1.807) is 12.4 Å². The number of benzene rings is 2. The fourth-order valence-electron chi connectivity index (χ4n) is 3.96. The van der Waals surface area contributed by atoms with Crippen molar-refractivity contribution in [2.24, 2.45) is 0 Å². The Morgan fingerprint density at radius 1 is 0.611 bits per heavy atom. The Morgan fingerprint density at radius 2 is 1.00 bits per heavy atom. The Kier molecular flexibility index (Phi) is 8.32. The molecule has 0 saturated heterocycles. The molecule has 0 amide bonds. The predicted octanol–water partition coefficient (Wildman–Crippen LogP) is 5.10. The maximum absolute atomic E-state index is 6.94. The first-order valence-electron chi connectivity index (χ1n) is 11.5. The number of anilines is 2. The molecule has 0 atom stereocenters. The number of hydrogen-bond acceptors (Lipinski definition) is 8. The fraction of sp³-hybridized carbons (Fsp3) is 0.231. The molecule has 4 rings (SSSR count). The first-order valence-corrected chi connectivity index (χ1v) is 12.2. The predicted molar refractivity (Wildman–Crippen MR) is 149 cm³/mol. The standard InChI is InChI=1S/C26H28Cl2N8/c1-29-11-21-25(31-3)35-19(13-33-21)17-9-5-7-15(23(17)27)16-8-6-10-18(24(16)28)20-14-34-22(12-30-2)26(32-4)36-20/h5-10,13-14,29-30H,11-12H2,1-4H3,(H,31,35)(H,32,36). The van der Waals surface area contributed by atoms with Crippen LogP contribution in [-0.4, -0.2) is 48.1 Å². The van der Waals surface area contributed by atoms with E-state index >= 15 is 0 Å². The summed E-state index contributed by atoms with van der Waals surface area (Å²) in [5, 5.41) is 13.5. The molecule has 0 aliphatic heterocycles. The van der Waals surface area contributed by atoms with Crippen LogP contribution in [0.5, 0.6) is 0 Å². The van der Waals surface area contributed by atoms with Crippen molar-refractivity contribution < 1.29 is 0 Å². The molecule has 2 aromatic heterocycles. The third-order valence-electron chi connectivity index (χ3n) is 5.70. The molecule has 2 aromatic carbocycles. The van der Waals surface area contributed by atoms with Gasteiger partial charge < -0.3 is 21.3 Å². The lowest BCUT2D eigenvalue weighted by atomic mass is 9.98. The molecular weight excluding hydrogens is 495 g/mol. The molecule has 186 valence electrons. The number of nitrogens with zero attached hydrogens (tertiary/aromatic N) is 4. The summed E-state index contributed by atoms with van der Waals surface area (Å²) in [5.74, 6) is 1.40. The third-order valence-corrected chi connectivity index (χ3v) is 6.51. The van der Waals surface area contributed by atoms with Crippen LogP contribution < -0.4 is 21.3 Å². The number of nitrogens with one attached hydrogen (secondary N) is 4. The summed E-state index contributed by atoms with van der Waals surface area (Å²) in [5.41, 5.74) is 6.12. The second kappa shape index (κ2) is 11.6. The number of halogens is 2. The average Bonchev–Trinajstić information content (AvgIpc) is 2.90. The first kappa shape index (κ1) is 25.8. The van der Waals surface area contributed by atoms with Crippen LogP contribution in [0.4, 0.5) is 11.6 Å². The fourth-order valence-corrected chi connectivity index (χ4v) is 4.61. The summed E-state index contributed by atoms with van der Waals surface area (Å²) in [4.78, 5) is 18.6. The minimum atomic E-state index is 0.542.